The van der Waals surface area contributed by atoms with E-state index in [-0.39, 0.29) is 30.9 Å². The maximum absolute atomic E-state index is 13.2. The van der Waals surface area contributed by atoms with Crippen molar-refractivity contribution in [2.45, 2.75) is 26.1 Å². The second kappa shape index (κ2) is 10.7. The van der Waals surface area contributed by atoms with E-state index in [0.717, 1.165) is 22.6 Å². The molecule has 0 aliphatic rings. The molecule has 0 spiro atoms. The molecule has 0 unspecified atom stereocenters. The molecule has 0 saturated heterocycles. The third kappa shape index (κ3) is 5.65. The number of nitrogens with zero attached hydrogens (tertiary/aromatic N) is 4. The molecule has 9 nitrogen and oxygen atoms in total. The first-order valence-corrected chi connectivity index (χ1v) is 10.7. The number of carbonyl (C=O) groups is 1. The van der Waals surface area contributed by atoms with Crippen molar-refractivity contribution in [3.63, 3.8) is 0 Å². The zero-order valence-electron chi connectivity index (χ0n) is 18.9. The molecule has 1 atom stereocenters. The summed E-state index contributed by atoms with van der Waals surface area (Å²) in [6.45, 7) is 2.72. The Balaban J connectivity index is 1.24. The van der Waals surface area contributed by atoms with Crippen molar-refractivity contribution in [1.82, 2.24) is 30.3 Å². The fourth-order valence-corrected chi connectivity index (χ4v) is 3.44. The average molecular weight is 465 g/mol. The van der Waals surface area contributed by atoms with E-state index in [1.54, 1.807) is 43.9 Å². The molecule has 0 radical (unpaired) electrons. The van der Waals surface area contributed by atoms with Crippen LogP contribution in [-0.4, -0.2) is 39.3 Å². The van der Waals surface area contributed by atoms with E-state index < -0.39 is 0 Å². The molecule has 4 rings (SSSR count). The lowest BCUT2D eigenvalue weighted by Gasteiger charge is -2.17. The first-order chi connectivity index (χ1) is 16.5. The van der Waals surface area contributed by atoms with Gasteiger partial charge in [0.2, 0.25) is 5.91 Å². The predicted molar refractivity (Wildman–Crippen MR) is 122 cm³/mol. The Morgan fingerprint density at radius 3 is 2.65 bits per heavy atom. The Hall–Kier alpha value is -4.05. The molecular weight excluding hydrogens is 439 g/mol. The lowest BCUT2D eigenvalue weighted by molar-refractivity contribution is -0.120. The Labute approximate surface area is 196 Å². The minimum atomic E-state index is -0.271. The number of halogens is 1. The summed E-state index contributed by atoms with van der Waals surface area (Å²) in [6.07, 6.45) is 3.46. The van der Waals surface area contributed by atoms with Gasteiger partial charge in [-0.3, -0.25) is 4.79 Å². The van der Waals surface area contributed by atoms with Gasteiger partial charge < -0.3 is 24.5 Å². The molecule has 1 amide bonds. The fraction of sp³-hybridized carbons (Fsp3) is 0.250. The minimum absolute atomic E-state index is 0.0214. The highest BCUT2D eigenvalue weighted by Crippen LogP contribution is 2.21. The molecule has 0 fully saturated rings. The summed E-state index contributed by atoms with van der Waals surface area (Å²) in [5, 5.41) is 9.78. The van der Waals surface area contributed by atoms with Gasteiger partial charge in [0.25, 0.3) is 5.89 Å². The molecule has 2 aromatic heterocycles. The highest BCUT2D eigenvalue weighted by atomic mass is 19.1. The lowest BCUT2D eigenvalue weighted by Crippen LogP contribution is -2.33. The van der Waals surface area contributed by atoms with E-state index in [9.17, 15) is 9.18 Å². The van der Waals surface area contributed by atoms with Crippen molar-refractivity contribution in [3.8, 4) is 17.2 Å². The van der Waals surface area contributed by atoms with Gasteiger partial charge in [0.15, 0.2) is 5.82 Å². The van der Waals surface area contributed by atoms with Gasteiger partial charge in [0, 0.05) is 18.3 Å². The maximum atomic E-state index is 13.2. The molecule has 0 aliphatic carbocycles. The molecular formula is C24H25FN6O3. The van der Waals surface area contributed by atoms with Crippen LogP contribution in [0.1, 0.15) is 30.0 Å². The number of nitrogens with one attached hydrogen (secondary N) is 2. The first kappa shape index (κ1) is 23.1. The van der Waals surface area contributed by atoms with Gasteiger partial charge in [0.05, 0.1) is 38.3 Å². The normalized spacial score (nSPS) is 11.9. The summed E-state index contributed by atoms with van der Waals surface area (Å²) in [6, 6.07) is 13.6. The van der Waals surface area contributed by atoms with E-state index in [4.69, 9.17) is 9.26 Å². The number of ether oxygens (including phenoxy) is 1. The van der Waals surface area contributed by atoms with Crippen LogP contribution < -0.4 is 15.4 Å². The SMILES string of the molecule is COc1ccc(-c2nc(CNC(=O)CNCc3cncn3[C@H](C)c3ccc(F)cc3)no2)cc1. The lowest BCUT2D eigenvalue weighted by atomic mass is 10.1. The molecule has 0 bridgehead atoms. The van der Waals surface area contributed by atoms with Gasteiger partial charge in [-0.2, -0.15) is 4.98 Å². The van der Waals surface area contributed by atoms with Crippen LogP contribution in [0.3, 0.4) is 0 Å². The van der Waals surface area contributed by atoms with Crippen molar-refractivity contribution < 1.29 is 18.4 Å². The van der Waals surface area contributed by atoms with Crippen LogP contribution in [0.4, 0.5) is 4.39 Å². The second-order valence-electron chi connectivity index (χ2n) is 7.64. The van der Waals surface area contributed by atoms with E-state index in [1.165, 1.54) is 12.1 Å². The van der Waals surface area contributed by atoms with Gasteiger partial charge >= 0.3 is 0 Å². The van der Waals surface area contributed by atoms with Crippen LogP contribution in [0.25, 0.3) is 11.5 Å². The molecule has 34 heavy (non-hydrogen) atoms. The highest BCUT2D eigenvalue weighted by molar-refractivity contribution is 5.77. The highest BCUT2D eigenvalue weighted by Gasteiger charge is 2.13. The maximum Gasteiger partial charge on any atom is 0.257 e. The average Bonchev–Trinajstić information content (AvgIpc) is 3.53. The van der Waals surface area contributed by atoms with Crippen molar-refractivity contribution >= 4 is 5.91 Å². The second-order valence-corrected chi connectivity index (χ2v) is 7.64. The molecule has 176 valence electrons. The van der Waals surface area contributed by atoms with Crippen LogP contribution in [0.15, 0.2) is 65.6 Å². The summed E-state index contributed by atoms with van der Waals surface area (Å²) in [4.78, 5) is 20.7. The number of imidazole rings is 1. The van der Waals surface area contributed by atoms with E-state index in [2.05, 4.69) is 25.8 Å². The standard InChI is InChI=1S/C24H25FN6O3/c1-16(17-3-7-19(25)8-4-17)31-15-27-12-20(31)11-26-14-23(32)28-13-22-29-24(34-30-22)18-5-9-21(33-2)10-6-18/h3-10,12,15-16,26H,11,13-14H2,1-2H3,(H,28,32)/t16-/m1/s1. The first-order valence-electron chi connectivity index (χ1n) is 10.7. The van der Waals surface area contributed by atoms with E-state index >= 15 is 0 Å². The molecule has 0 saturated carbocycles. The summed E-state index contributed by atoms with van der Waals surface area (Å²) < 4.78 is 25.6. The Morgan fingerprint density at radius 2 is 1.91 bits per heavy atom. The number of rotatable bonds is 10. The van der Waals surface area contributed by atoms with Crippen molar-refractivity contribution in [1.29, 1.82) is 0 Å². The molecule has 0 aliphatic heterocycles. The van der Waals surface area contributed by atoms with Crippen molar-refractivity contribution in [3.05, 3.63) is 84.0 Å². The smallest absolute Gasteiger partial charge is 0.257 e. The van der Waals surface area contributed by atoms with Crippen LogP contribution in [-0.2, 0) is 17.9 Å². The zero-order chi connectivity index (χ0) is 23.9. The predicted octanol–water partition coefficient (Wildman–Crippen LogP) is 3.10. The molecule has 10 heteroatoms. The van der Waals surface area contributed by atoms with Gasteiger partial charge in [-0.15, -0.1) is 0 Å². The van der Waals surface area contributed by atoms with Gasteiger partial charge in [-0.05, 0) is 48.9 Å². The number of hydrogen-bond acceptors (Lipinski definition) is 7. The third-order valence-electron chi connectivity index (χ3n) is 5.36. The Bertz CT molecular complexity index is 1220. The molecule has 2 aromatic carbocycles. The molecule has 4 aromatic rings. The number of benzene rings is 2. The summed E-state index contributed by atoms with van der Waals surface area (Å²) in [5.74, 6) is 1.01. The molecule has 2 heterocycles. The van der Waals surface area contributed by atoms with Crippen molar-refractivity contribution in [2.75, 3.05) is 13.7 Å². The Morgan fingerprint density at radius 1 is 1.15 bits per heavy atom. The Kier molecular flexibility index (Phi) is 7.28. The summed E-state index contributed by atoms with van der Waals surface area (Å²) >= 11 is 0. The summed E-state index contributed by atoms with van der Waals surface area (Å²) in [7, 11) is 1.60. The van der Waals surface area contributed by atoms with Crippen LogP contribution in [0.2, 0.25) is 0 Å². The van der Waals surface area contributed by atoms with Crippen molar-refractivity contribution in [2.24, 2.45) is 0 Å². The zero-order valence-corrected chi connectivity index (χ0v) is 18.9. The van der Waals surface area contributed by atoms with Gasteiger partial charge in [-0.25, -0.2) is 9.37 Å². The fourth-order valence-electron chi connectivity index (χ4n) is 3.44. The van der Waals surface area contributed by atoms with E-state index in [0.29, 0.717) is 18.3 Å². The number of carbonyl (C=O) groups excluding carboxylic acids is 1. The number of hydrogen-bond donors (Lipinski definition) is 2. The quantitative estimate of drug-likeness (QED) is 0.371. The third-order valence-corrected chi connectivity index (χ3v) is 5.36. The van der Waals surface area contributed by atoms with Gasteiger partial charge in [-0.1, -0.05) is 17.3 Å². The van der Waals surface area contributed by atoms with E-state index in [1.807, 2.05) is 23.6 Å². The molecule has 2 N–H and O–H groups in total. The largest absolute Gasteiger partial charge is 0.497 e. The van der Waals surface area contributed by atoms with Crippen LogP contribution in [0, 0.1) is 5.82 Å². The number of methoxy groups -OCH3 is 1. The van der Waals surface area contributed by atoms with Crippen LogP contribution in [0.5, 0.6) is 5.75 Å². The monoisotopic (exact) mass is 464 g/mol. The summed E-state index contributed by atoms with van der Waals surface area (Å²) in [5.41, 5.74) is 2.64. The topological polar surface area (TPSA) is 107 Å². The van der Waals surface area contributed by atoms with Gasteiger partial charge in [0.1, 0.15) is 11.6 Å². The minimum Gasteiger partial charge on any atom is -0.497 e. The van der Waals surface area contributed by atoms with Crippen LogP contribution >= 0.6 is 0 Å². The number of aromatic nitrogens is 4. The number of amides is 1.